The summed E-state index contributed by atoms with van der Waals surface area (Å²) >= 11 is 0. The third kappa shape index (κ3) is 2.52. The number of imide groups is 1. The molecule has 2 amide bonds. The smallest absolute Gasteiger partial charge is 0.247 e. The molecule has 1 aliphatic heterocycles. The number of aryl methyl sites for hydroxylation is 1. The average Bonchev–Trinajstić information content (AvgIpc) is 2.37. The Bertz CT molecular complexity index is 725. The quantitative estimate of drug-likeness (QED) is 0.590. The van der Waals surface area contributed by atoms with Crippen molar-refractivity contribution in [2.24, 2.45) is 0 Å². The van der Waals surface area contributed by atoms with Crippen LogP contribution < -0.4 is 11.1 Å². The summed E-state index contributed by atoms with van der Waals surface area (Å²) in [4.78, 5) is 23.4. The Morgan fingerprint density at radius 2 is 1.90 bits per heavy atom. The number of nitrogens with zero attached hydrogens (tertiary/aromatic N) is 1. The third-order valence-electron chi connectivity index (χ3n) is 3.55. The molecule has 1 aromatic rings. The predicted molar refractivity (Wildman–Crippen MR) is 76.7 cm³/mol. The first kappa shape index (κ1) is 15.5. The highest BCUT2D eigenvalue weighted by molar-refractivity contribution is 7.89. The highest BCUT2D eigenvalue weighted by Gasteiger charge is 2.47. The van der Waals surface area contributed by atoms with E-state index in [-0.39, 0.29) is 4.90 Å². The summed E-state index contributed by atoms with van der Waals surface area (Å²) in [5.41, 5.74) is 5.42. The Morgan fingerprint density at radius 1 is 1.29 bits per heavy atom. The summed E-state index contributed by atoms with van der Waals surface area (Å²) in [6, 6.07) is 4.28. The van der Waals surface area contributed by atoms with Crippen molar-refractivity contribution in [1.29, 1.82) is 0 Å². The molecule has 1 saturated heterocycles. The van der Waals surface area contributed by atoms with E-state index in [4.69, 9.17) is 5.73 Å². The number of nitrogens with two attached hydrogens (primary N) is 1. The second-order valence-corrected chi connectivity index (χ2v) is 7.33. The van der Waals surface area contributed by atoms with Crippen molar-refractivity contribution in [2.45, 2.75) is 31.2 Å². The molecule has 114 valence electrons. The van der Waals surface area contributed by atoms with Crippen LogP contribution in [0, 0.1) is 6.92 Å². The van der Waals surface area contributed by atoms with Gasteiger partial charge >= 0.3 is 0 Å². The van der Waals surface area contributed by atoms with Crippen LogP contribution in [0.3, 0.4) is 0 Å². The molecule has 0 radical (unpaired) electrons. The predicted octanol–water partition coefficient (Wildman–Crippen LogP) is 0.00292. The Hall–Kier alpha value is -1.93. The monoisotopic (exact) mass is 311 g/mol. The largest absolute Gasteiger partial charge is 0.399 e. The SMILES string of the molecule is Cc1cc(S(=O)(=O)N2CC(=O)NC(=O)C2(C)C)ccc1N. The lowest BCUT2D eigenvalue weighted by atomic mass is 10.0. The maximum absolute atomic E-state index is 12.7. The number of amides is 2. The molecule has 0 spiro atoms. The molecule has 0 aliphatic carbocycles. The fourth-order valence-corrected chi connectivity index (χ4v) is 3.87. The van der Waals surface area contributed by atoms with Gasteiger partial charge in [-0.2, -0.15) is 4.31 Å². The molecule has 0 atom stereocenters. The molecular weight excluding hydrogens is 294 g/mol. The molecule has 3 N–H and O–H groups in total. The van der Waals surface area contributed by atoms with Crippen molar-refractivity contribution in [3.8, 4) is 0 Å². The average molecular weight is 311 g/mol. The van der Waals surface area contributed by atoms with Gasteiger partial charge in [0.15, 0.2) is 0 Å². The Kier molecular flexibility index (Phi) is 3.54. The van der Waals surface area contributed by atoms with Crippen molar-refractivity contribution in [3.05, 3.63) is 23.8 Å². The molecule has 21 heavy (non-hydrogen) atoms. The third-order valence-corrected chi connectivity index (χ3v) is 5.56. The number of hydrogen-bond donors (Lipinski definition) is 2. The van der Waals surface area contributed by atoms with E-state index in [1.54, 1.807) is 6.92 Å². The van der Waals surface area contributed by atoms with Gasteiger partial charge in [0.2, 0.25) is 21.8 Å². The van der Waals surface area contributed by atoms with E-state index < -0.39 is 33.9 Å². The number of anilines is 1. The van der Waals surface area contributed by atoms with Crippen LogP contribution >= 0.6 is 0 Å². The van der Waals surface area contributed by atoms with Crippen LogP contribution in [0.15, 0.2) is 23.1 Å². The van der Waals surface area contributed by atoms with Gasteiger partial charge < -0.3 is 5.73 Å². The number of piperazine rings is 1. The minimum Gasteiger partial charge on any atom is -0.399 e. The standard InChI is InChI=1S/C13H17N3O4S/c1-8-6-9(4-5-10(8)14)21(19,20)16-7-11(17)15-12(18)13(16,2)3/h4-6H,7,14H2,1-3H3,(H,15,17,18). The highest BCUT2D eigenvalue weighted by Crippen LogP contribution is 2.28. The maximum Gasteiger partial charge on any atom is 0.247 e. The number of carbonyl (C=O) groups excluding carboxylic acids is 2. The lowest BCUT2D eigenvalue weighted by Gasteiger charge is -2.38. The van der Waals surface area contributed by atoms with Gasteiger partial charge in [-0.3, -0.25) is 14.9 Å². The number of rotatable bonds is 2. The van der Waals surface area contributed by atoms with Gasteiger partial charge in [0.25, 0.3) is 0 Å². The van der Waals surface area contributed by atoms with E-state index in [9.17, 15) is 18.0 Å². The van der Waals surface area contributed by atoms with Crippen molar-refractivity contribution < 1.29 is 18.0 Å². The van der Waals surface area contributed by atoms with Crippen LogP contribution in [-0.2, 0) is 19.6 Å². The number of hydrogen-bond acceptors (Lipinski definition) is 5. The molecule has 1 heterocycles. The zero-order valence-electron chi connectivity index (χ0n) is 12.0. The van der Waals surface area contributed by atoms with Crippen molar-refractivity contribution in [1.82, 2.24) is 9.62 Å². The number of benzene rings is 1. The zero-order chi connectivity index (χ0) is 16.0. The molecule has 0 aromatic heterocycles. The summed E-state index contributed by atoms with van der Waals surface area (Å²) < 4.78 is 26.3. The lowest BCUT2D eigenvalue weighted by molar-refractivity contribution is -0.141. The van der Waals surface area contributed by atoms with Crippen LogP contribution in [0.2, 0.25) is 0 Å². The summed E-state index contributed by atoms with van der Waals surface area (Å²) in [6.07, 6.45) is 0. The molecule has 8 heteroatoms. The molecule has 2 rings (SSSR count). The van der Waals surface area contributed by atoms with E-state index in [1.807, 2.05) is 0 Å². The minimum absolute atomic E-state index is 0.00442. The van der Waals surface area contributed by atoms with E-state index in [0.717, 1.165) is 4.31 Å². The summed E-state index contributed by atoms with van der Waals surface area (Å²) in [6.45, 7) is 4.20. The van der Waals surface area contributed by atoms with Crippen molar-refractivity contribution in [3.63, 3.8) is 0 Å². The first-order valence-electron chi connectivity index (χ1n) is 6.30. The molecule has 0 bridgehead atoms. The van der Waals surface area contributed by atoms with Crippen LogP contribution in [-0.4, -0.2) is 36.6 Å². The number of nitrogen functional groups attached to an aromatic ring is 1. The topological polar surface area (TPSA) is 110 Å². The van der Waals surface area contributed by atoms with Crippen molar-refractivity contribution in [2.75, 3.05) is 12.3 Å². The van der Waals surface area contributed by atoms with Crippen LogP contribution in [0.5, 0.6) is 0 Å². The van der Waals surface area contributed by atoms with E-state index >= 15 is 0 Å². The van der Waals surface area contributed by atoms with Gasteiger partial charge in [0, 0.05) is 5.69 Å². The number of nitrogens with one attached hydrogen (secondary N) is 1. The van der Waals surface area contributed by atoms with Gasteiger partial charge in [0.05, 0.1) is 11.4 Å². The summed E-state index contributed by atoms with van der Waals surface area (Å²) in [7, 11) is -3.98. The second kappa shape index (κ2) is 4.81. The molecule has 0 unspecified atom stereocenters. The highest BCUT2D eigenvalue weighted by atomic mass is 32.2. The molecule has 7 nitrogen and oxygen atoms in total. The first-order chi connectivity index (χ1) is 9.56. The molecule has 1 aliphatic rings. The molecular formula is C13H17N3O4S. The van der Waals surface area contributed by atoms with Gasteiger partial charge in [0.1, 0.15) is 5.54 Å². The first-order valence-corrected chi connectivity index (χ1v) is 7.74. The Morgan fingerprint density at radius 3 is 2.48 bits per heavy atom. The molecule has 0 saturated carbocycles. The normalized spacial score (nSPS) is 19.4. The summed E-state index contributed by atoms with van der Waals surface area (Å²) in [5.74, 6) is -1.29. The zero-order valence-corrected chi connectivity index (χ0v) is 12.8. The summed E-state index contributed by atoms with van der Waals surface area (Å²) in [5, 5.41) is 2.14. The fraction of sp³-hybridized carbons (Fsp3) is 0.385. The Balaban J connectivity index is 2.53. The van der Waals surface area contributed by atoms with Gasteiger partial charge in [-0.05, 0) is 44.5 Å². The van der Waals surface area contributed by atoms with Gasteiger partial charge in [-0.1, -0.05) is 0 Å². The van der Waals surface area contributed by atoms with Crippen molar-refractivity contribution >= 4 is 27.5 Å². The van der Waals surface area contributed by atoms with E-state index in [0.29, 0.717) is 11.3 Å². The fourth-order valence-electron chi connectivity index (χ4n) is 2.08. The van der Waals surface area contributed by atoms with E-state index in [1.165, 1.54) is 32.0 Å². The van der Waals surface area contributed by atoms with Crippen LogP contribution in [0.4, 0.5) is 5.69 Å². The Labute approximate surface area is 123 Å². The van der Waals surface area contributed by atoms with Crippen LogP contribution in [0.25, 0.3) is 0 Å². The van der Waals surface area contributed by atoms with Gasteiger partial charge in [-0.25, -0.2) is 8.42 Å². The number of sulfonamides is 1. The second-order valence-electron chi connectivity index (χ2n) is 5.47. The maximum atomic E-state index is 12.7. The number of carbonyl (C=O) groups is 2. The minimum atomic E-state index is -3.98. The molecule has 1 aromatic carbocycles. The molecule has 1 fully saturated rings. The lowest BCUT2D eigenvalue weighted by Crippen LogP contribution is -2.65. The van der Waals surface area contributed by atoms with Gasteiger partial charge in [-0.15, -0.1) is 0 Å². The van der Waals surface area contributed by atoms with E-state index in [2.05, 4.69) is 5.32 Å². The van der Waals surface area contributed by atoms with Crippen LogP contribution in [0.1, 0.15) is 19.4 Å².